The number of rotatable bonds is 4. The van der Waals surface area contributed by atoms with E-state index in [-0.39, 0.29) is 24.8 Å². The van der Waals surface area contributed by atoms with Crippen LogP contribution in [0.5, 0.6) is 11.5 Å². The van der Waals surface area contributed by atoms with E-state index in [9.17, 15) is 4.79 Å². The Balaban J connectivity index is 1.63. The fourth-order valence-electron chi connectivity index (χ4n) is 4.10. The number of Topliss-reactive ketones (excluding diaryl/α,β-unsaturated/α-hetero) is 1. The minimum atomic E-state index is -0.919. The number of anilines is 1. The summed E-state index contributed by atoms with van der Waals surface area (Å²) in [6.07, 6.45) is 0. The van der Waals surface area contributed by atoms with Crippen LogP contribution in [0.2, 0.25) is 0 Å². The Kier molecular flexibility index (Phi) is 3.85. The number of nitrogens with one attached hydrogen (secondary N) is 2. The molecule has 2 N–H and O–H groups in total. The monoisotopic (exact) mass is 392 g/mol. The van der Waals surface area contributed by atoms with Gasteiger partial charge in [0.1, 0.15) is 29.1 Å². The van der Waals surface area contributed by atoms with Gasteiger partial charge in [-0.15, -0.1) is 0 Å². The van der Waals surface area contributed by atoms with E-state index in [1.54, 1.807) is 37.3 Å². The number of para-hydroxylation sites is 2. The molecule has 0 amide bonds. The molecule has 0 bridgehead atoms. The first kappa shape index (κ1) is 17.7. The molecule has 0 saturated carbocycles. The first-order valence-corrected chi connectivity index (χ1v) is 9.26. The second-order valence-corrected chi connectivity index (χ2v) is 7.25. The molecule has 2 aliphatic heterocycles. The Morgan fingerprint density at radius 2 is 1.86 bits per heavy atom. The zero-order valence-electron chi connectivity index (χ0n) is 16.1. The molecule has 1 unspecified atom stereocenters. The second-order valence-electron chi connectivity index (χ2n) is 7.25. The van der Waals surface area contributed by atoms with Crippen LogP contribution >= 0.6 is 0 Å². The van der Waals surface area contributed by atoms with Gasteiger partial charge in [0.15, 0.2) is 11.3 Å². The molecule has 3 aromatic rings. The topological polar surface area (TPSA) is 101 Å². The molecule has 2 fully saturated rings. The number of H-pyrrole nitrogens is 1. The summed E-state index contributed by atoms with van der Waals surface area (Å²) in [5, 5.41) is 8.90. The van der Waals surface area contributed by atoms with Crippen molar-refractivity contribution >= 4 is 28.3 Å². The minimum absolute atomic E-state index is 0.0883. The molecule has 2 aliphatic rings. The van der Waals surface area contributed by atoms with E-state index >= 15 is 0 Å². The van der Waals surface area contributed by atoms with E-state index < -0.39 is 11.5 Å². The first-order chi connectivity index (χ1) is 14.1. The number of carbonyl (C=O) groups excluding carboxylic acids is 1. The van der Waals surface area contributed by atoms with Crippen LogP contribution in [0.25, 0.3) is 11.0 Å². The van der Waals surface area contributed by atoms with Crippen LogP contribution in [-0.4, -0.2) is 54.6 Å². The van der Waals surface area contributed by atoms with Gasteiger partial charge in [-0.05, 0) is 12.1 Å². The number of hydrogen-bond acceptors (Lipinski definition) is 6. The van der Waals surface area contributed by atoms with Gasteiger partial charge in [-0.25, -0.2) is 4.98 Å². The first-order valence-electron chi connectivity index (χ1n) is 9.26. The highest BCUT2D eigenvalue weighted by Crippen LogP contribution is 2.45. The Hall–Kier alpha value is -3.39. The van der Waals surface area contributed by atoms with Crippen molar-refractivity contribution in [2.24, 2.45) is 0 Å². The lowest BCUT2D eigenvalue weighted by Gasteiger charge is -2.44. The van der Waals surface area contributed by atoms with E-state index in [1.165, 1.54) is 0 Å². The molecule has 8 heteroatoms. The molecule has 8 nitrogen and oxygen atoms in total. The maximum absolute atomic E-state index is 13.5. The Morgan fingerprint density at radius 1 is 1.17 bits per heavy atom. The third-order valence-corrected chi connectivity index (χ3v) is 5.62. The molecule has 0 aliphatic carbocycles. The number of benzene rings is 2. The fourth-order valence-corrected chi connectivity index (χ4v) is 4.10. The van der Waals surface area contributed by atoms with Crippen LogP contribution in [0.15, 0.2) is 42.5 Å². The molecule has 148 valence electrons. The van der Waals surface area contributed by atoms with Crippen LogP contribution < -0.4 is 14.4 Å². The predicted molar refractivity (Wildman–Crippen MR) is 107 cm³/mol. The Labute approximate surface area is 166 Å². The standard InChI is InChI=1S/C21H20N4O4/c1-27-13-7-12(8-14(9-13)28-2)25-19(22)17(18(26)21(25)10-29-11-21)20-23-15-5-3-4-6-16(15)24-20/h3-9,17,22H,10-11H2,1-2H3,(H,23,24). The number of ether oxygens (including phenoxy) is 3. The van der Waals surface area contributed by atoms with Crippen molar-refractivity contribution in [3.8, 4) is 11.5 Å². The van der Waals surface area contributed by atoms with Gasteiger partial charge in [-0.1, -0.05) is 12.1 Å². The van der Waals surface area contributed by atoms with Gasteiger partial charge < -0.3 is 24.1 Å². The second kappa shape index (κ2) is 6.31. The number of methoxy groups -OCH3 is 2. The van der Waals surface area contributed by atoms with Crippen molar-refractivity contribution in [2.75, 3.05) is 32.3 Å². The lowest BCUT2D eigenvalue weighted by molar-refractivity contribution is -0.138. The van der Waals surface area contributed by atoms with Crippen LogP contribution in [0.3, 0.4) is 0 Å². The van der Waals surface area contributed by atoms with E-state index in [0.29, 0.717) is 23.0 Å². The van der Waals surface area contributed by atoms with Crippen molar-refractivity contribution in [2.45, 2.75) is 11.5 Å². The van der Waals surface area contributed by atoms with E-state index in [1.807, 2.05) is 24.3 Å². The molecule has 0 radical (unpaired) electrons. The van der Waals surface area contributed by atoms with Gasteiger partial charge in [0.2, 0.25) is 0 Å². The molecular weight excluding hydrogens is 372 g/mol. The summed E-state index contributed by atoms with van der Waals surface area (Å²) in [7, 11) is 3.14. The van der Waals surface area contributed by atoms with Crippen molar-refractivity contribution in [1.29, 1.82) is 5.41 Å². The zero-order chi connectivity index (χ0) is 20.2. The summed E-state index contributed by atoms with van der Waals surface area (Å²) in [5.74, 6) is 0.931. The largest absolute Gasteiger partial charge is 0.497 e. The van der Waals surface area contributed by atoms with Crippen molar-refractivity contribution < 1.29 is 19.0 Å². The Morgan fingerprint density at radius 3 is 2.45 bits per heavy atom. The average molecular weight is 392 g/mol. The third kappa shape index (κ3) is 2.45. The van der Waals surface area contributed by atoms with Gasteiger partial charge in [0, 0.05) is 18.2 Å². The number of nitrogens with zero attached hydrogens (tertiary/aromatic N) is 2. The number of amidine groups is 1. The summed E-state index contributed by atoms with van der Waals surface area (Å²) in [4.78, 5) is 23.0. The molecule has 1 aromatic heterocycles. The number of hydrogen-bond donors (Lipinski definition) is 2. The van der Waals surface area contributed by atoms with Crippen molar-refractivity contribution in [1.82, 2.24) is 9.97 Å². The van der Waals surface area contributed by atoms with Crippen LogP contribution in [-0.2, 0) is 9.53 Å². The van der Waals surface area contributed by atoms with Crippen molar-refractivity contribution in [3.05, 3.63) is 48.3 Å². The highest BCUT2D eigenvalue weighted by atomic mass is 16.5. The summed E-state index contributed by atoms with van der Waals surface area (Å²) in [6.45, 7) is 0.453. The zero-order valence-corrected chi connectivity index (χ0v) is 16.1. The molecule has 3 heterocycles. The number of ketones is 1. The highest BCUT2D eigenvalue weighted by molar-refractivity contribution is 6.26. The molecule has 5 rings (SSSR count). The quantitative estimate of drug-likeness (QED) is 0.708. The summed E-state index contributed by atoms with van der Waals surface area (Å²) < 4.78 is 16.2. The van der Waals surface area contributed by atoms with Gasteiger partial charge in [-0.3, -0.25) is 10.2 Å². The SMILES string of the molecule is COc1cc(OC)cc(N2C(=N)C(c3nc4ccccc4[nH]3)C(=O)C23COC3)c1. The molecule has 29 heavy (non-hydrogen) atoms. The predicted octanol–water partition coefficient (Wildman–Crippen LogP) is 2.50. The highest BCUT2D eigenvalue weighted by Gasteiger charge is 2.62. The van der Waals surface area contributed by atoms with Crippen molar-refractivity contribution in [3.63, 3.8) is 0 Å². The number of carbonyl (C=O) groups is 1. The van der Waals surface area contributed by atoms with Gasteiger partial charge in [0.25, 0.3) is 0 Å². The maximum Gasteiger partial charge on any atom is 0.181 e. The number of fused-ring (bicyclic) bond motifs is 1. The van der Waals surface area contributed by atoms with Gasteiger partial charge in [0.05, 0.1) is 44.2 Å². The molecule has 1 atom stereocenters. The smallest absolute Gasteiger partial charge is 0.181 e. The Bertz CT molecular complexity index is 1080. The molecule has 2 aromatic carbocycles. The average Bonchev–Trinajstić information content (AvgIpc) is 3.22. The summed E-state index contributed by atoms with van der Waals surface area (Å²) >= 11 is 0. The van der Waals surface area contributed by atoms with E-state index in [0.717, 1.165) is 11.0 Å². The normalized spacial score (nSPS) is 20.3. The minimum Gasteiger partial charge on any atom is -0.497 e. The number of aromatic amines is 1. The molecule has 1 spiro atoms. The van der Waals surface area contributed by atoms with Gasteiger partial charge >= 0.3 is 0 Å². The lowest BCUT2D eigenvalue weighted by Crippen LogP contribution is -2.63. The van der Waals surface area contributed by atoms with E-state index in [4.69, 9.17) is 19.6 Å². The van der Waals surface area contributed by atoms with Crippen LogP contribution in [0.1, 0.15) is 11.7 Å². The number of aromatic nitrogens is 2. The molecular formula is C21H20N4O4. The molecule has 2 saturated heterocycles. The third-order valence-electron chi connectivity index (χ3n) is 5.62. The fraction of sp³-hybridized carbons (Fsp3) is 0.286. The summed E-state index contributed by atoms with van der Waals surface area (Å²) in [6, 6.07) is 12.9. The summed E-state index contributed by atoms with van der Waals surface area (Å²) in [5.41, 5.74) is 1.34. The van der Waals surface area contributed by atoms with E-state index in [2.05, 4.69) is 9.97 Å². The number of imidazole rings is 1. The van der Waals surface area contributed by atoms with Gasteiger partial charge in [-0.2, -0.15) is 0 Å². The van der Waals surface area contributed by atoms with Crippen LogP contribution in [0, 0.1) is 5.41 Å². The lowest BCUT2D eigenvalue weighted by atomic mass is 9.88. The maximum atomic E-state index is 13.5. The van der Waals surface area contributed by atoms with Crippen LogP contribution in [0.4, 0.5) is 5.69 Å².